The van der Waals surface area contributed by atoms with Gasteiger partial charge < -0.3 is 20.4 Å². The summed E-state index contributed by atoms with van der Waals surface area (Å²) in [6.07, 6.45) is 6.88. The van der Waals surface area contributed by atoms with Crippen molar-refractivity contribution in [2.75, 3.05) is 6.61 Å². The van der Waals surface area contributed by atoms with Crippen LogP contribution < -0.4 is 10.5 Å². The first-order valence-corrected chi connectivity index (χ1v) is 17.4. The fraction of sp³-hybridized carbons (Fsp3) is 0.0488. The van der Waals surface area contributed by atoms with Crippen molar-refractivity contribution in [1.82, 2.24) is 19.9 Å². The SMILES string of the molecule is NC(=O)COc1ccc(-c2c3nc(cc4ccc([nH]4)c(-c4c(F)c(F)c(SCc5ccccc5)c(F)c4F)c4nc(cc5ccc2[nH]5)C=C4)C=C3)cc1. The molecule has 0 saturated carbocycles. The first-order chi connectivity index (χ1) is 25.7. The van der Waals surface area contributed by atoms with Crippen molar-refractivity contribution in [2.24, 2.45) is 5.73 Å². The molecule has 3 aromatic heterocycles. The van der Waals surface area contributed by atoms with E-state index in [1.807, 2.05) is 36.4 Å². The molecule has 12 heteroatoms. The number of thioether (sulfide) groups is 1. The van der Waals surface area contributed by atoms with Gasteiger partial charge in [0.25, 0.3) is 5.91 Å². The van der Waals surface area contributed by atoms with Gasteiger partial charge in [0.15, 0.2) is 29.9 Å². The van der Waals surface area contributed by atoms with Crippen molar-refractivity contribution in [3.05, 3.63) is 143 Å². The standard InChI is InChI=1S/C41H27F4N5O2S/c42-37-36(38(43)40(45)41(39(37)44)53-21-22-4-2-1-3-5-22)35-31-16-10-26(49-31)18-24-8-14-29(47-24)34(23-6-12-28(13-7-23)52-20-33(46)51)30-15-9-25(48-30)19-27-11-17-32(35)50-27/h1-19,47,50H,20-21H2,(H2,46,51). The summed E-state index contributed by atoms with van der Waals surface area (Å²) in [7, 11) is 0. The Labute approximate surface area is 303 Å². The van der Waals surface area contributed by atoms with Crippen LogP contribution in [0.4, 0.5) is 17.6 Å². The molecule has 262 valence electrons. The number of benzene rings is 3. The summed E-state index contributed by atoms with van der Waals surface area (Å²) in [6.45, 7) is -0.245. The number of nitrogens with one attached hydrogen (secondary N) is 2. The lowest BCUT2D eigenvalue weighted by molar-refractivity contribution is -0.119. The second kappa shape index (κ2) is 14.0. The topological polar surface area (TPSA) is 110 Å². The molecule has 0 aliphatic carbocycles. The molecule has 8 rings (SSSR count). The van der Waals surface area contributed by atoms with Crippen LogP contribution in [0.15, 0.2) is 95.9 Å². The molecule has 3 aromatic carbocycles. The number of hydrogen-bond donors (Lipinski definition) is 3. The molecule has 0 fully saturated rings. The van der Waals surface area contributed by atoms with Gasteiger partial charge in [0.2, 0.25) is 0 Å². The number of aromatic amines is 2. The number of halogens is 4. The zero-order valence-corrected chi connectivity index (χ0v) is 28.4. The summed E-state index contributed by atoms with van der Waals surface area (Å²) >= 11 is 0.681. The second-order valence-electron chi connectivity index (χ2n) is 12.2. The van der Waals surface area contributed by atoms with Gasteiger partial charge in [0, 0.05) is 38.9 Å². The van der Waals surface area contributed by atoms with E-state index in [0.717, 1.165) is 22.2 Å². The third-order valence-electron chi connectivity index (χ3n) is 8.62. The van der Waals surface area contributed by atoms with Crippen LogP contribution in [0, 0.1) is 23.3 Å². The minimum Gasteiger partial charge on any atom is -0.484 e. The number of fused-ring (bicyclic) bond motifs is 8. The van der Waals surface area contributed by atoms with Gasteiger partial charge in [-0.05, 0) is 84.0 Å². The summed E-state index contributed by atoms with van der Waals surface area (Å²) in [6, 6.07) is 26.5. The maximum atomic E-state index is 16.1. The Balaban J connectivity index is 1.30. The number of aromatic nitrogens is 4. The highest BCUT2D eigenvalue weighted by Gasteiger charge is 2.29. The van der Waals surface area contributed by atoms with E-state index in [4.69, 9.17) is 15.5 Å². The molecule has 8 bridgehead atoms. The van der Waals surface area contributed by atoms with E-state index in [9.17, 15) is 4.79 Å². The van der Waals surface area contributed by atoms with Gasteiger partial charge in [-0.15, -0.1) is 11.8 Å². The van der Waals surface area contributed by atoms with E-state index in [-0.39, 0.29) is 29.1 Å². The van der Waals surface area contributed by atoms with Crippen LogP contribution in [0.25, 0.3) is 68.6 Å². The molecule has 0 spiro atoms. The molecule has 0 radical (unpaired) electrons. The minimum atomic E-state index is -1.52. The van der Waals surface area contributed by atoms with Crippen molar-refractivity contribution in [3.63, 3.8) is 0 Å². The fourth-order valence-electron chi connectivity index (χ4n) is 6.20. The van der Waals surface area contributed by atoms with Gasteiger partial charge in [-0.25, -0.2) is 27.5 Å². The Bertz CT molecular complexity index is 2620. The zero-order chi connectivity index (χ0) is 36.6. The molecular formula is C41H27F4N5O2S. The Hall–Kier alpha value is -6.40. The molecule has 2 aliphatic rings. The lowest BCUT2D eigenvalue weighted by Gasteiger charge is -2.13. The Kier molecular flexibility index (Phi) is 8.89. The lowest BCUT2D eigenvalue weighted by atomic mass is 10.0. The van der Waals surface area contributed by atoms with E-state index >= 15 is 17.6 Å². The van der Waals surface area contributed by atoms with Gasteiger partial charge in [-0.2, -0.15) is 0 Å². The van der Waals surface area contributed by atoms with Crippen LogP contribution >= 0.6 is 11.8 Å². The highest BCUT2D eigenvalue weighted by molar-refractivity contribution is 7.98. The number of nitrogens with two attached hydrogens (primary N) is 1. The predicted octanol–water partition coefficient (Wildman–Crippen LogP) is 9.70. The van der Waals surface area contributed by atoms with Crippen LogP contribution in [0.5, 0.6) is 5.75 Å². The number of carbonyl (C=O) groups excluding carboxylic acids is 1. The number of hydrogen-bond acceptors (Lipinski definition) is 5. The summed E-state index contributed by atoms with van der Waals surface area (Å²) in [5.41, 5.74) is 10.4. The quantitative estimate of drug-likeness (QED) is 0.0820. The van der Waals surface area contributed by atoms with Crippen molar-refractivity contribution >= 4 is 64.0 Å². The molecule has 0 unspecified atom stereocenters. The number of H-pyrrole nitrogens is 2. The number of carbonyl (C=O) groups is 1. The molecular weight excluding hydrogens is 703 g/mol. The molecule has 2 aliphatic heterocycles. The first kappa shape index (κ1) is 33.7. The normalized spacial score (nSPS) is 12.0. The molecule has 1 amide bonds. The molecule has 53 heavy (non-hydrogen) atoms. The molecule has 5 heterocycles. The predicted molar refractivity (Wildman–Crippen MR) is 200 cm³/mol. The highest BCUT2D eigenvalue weighted by atomic mass is 32.2. The van der Waals surface area contributed by atoms with Gasteiger partial charge in [0.05, 0.1) is 33.2 Å². The summed E-state index contributed by atoms with van der Waals surface area (Å²) in [5.74, 6) is -6.01. The monoisotopic (exact) mass is 729 g/mol. The lowest BCUT2D eigenvalue weighted by Crippen LogP contribution is -2.19. The Morgan fingerprint density at radius 3 is 1.81 bits per heavy atom. The van der Waals surface area contributed by atoms with E-state index in [0.29, 0.717) is 45.6 Å². The second-order valence-corrected chi connectivity index (χ2v) is 13.2. The number of amides is 1. The maximum Gasteiger partial charge on any atom is 0.255 e. The van der Waals surface area contributed by atoms with Crippen LogP contribution in [-0.2, 0) is 10.5 Å². The Morgan fingerprint density at radius 2 is 1.23 bits per heavy atom. The fourth-order valence-corrected chi connectivity index (χ4v) is 7.14. The van der Waals surface area contributed by atoms with E-state index < -0.39 is 39.6 Å². The summed E-state index contributed by atoms with van der Waals surface area (Å²) in [4.78, 5) is 26.5. The van der Waals surface area contributed by atoms with E-state index in [2.05, 4.69) is 15.0 Å². The van der Waals surface area contributed by atoms with Crippen molar-refractivity contribution in [2.45, 2.75) is 10.6 Å². The molecule has 6 aromatic rings. The number of ether oxygens (including phenoxy) is 1. The third kappa shape index (κ3) is 6.72. The van der Waals surface area contributed by atoms with Crippen molar-refractivity contribution in [3.8, 4) is 28.0 Å². The smallest absolute Gasteiger partial charge is 0.255 e. The molecule has 7 nitrogen and oxygen atoms in total. The van der Waals surface area contributed by atoms with Crippen LogP contribution in [0.3, 0.4) is 0 Å². The highest BCUT2D eigenvalue weighted by Crippen LogP contribution is 2.40. The number of rotatable bonds is 8. The average Bonchev–Trinajstić information content (AvgIpc) is 4.00. The van der Waals surface area contributed by atoms with Crippen molar-refractivity contribution < 1.29 is 27.1 Å². The van der Waals surface area contributed by atoms with Gasteiger partial charge >= 0.3 is 0 Å². The number of primary amides is 1. The number of nitrogens with zero attached hydrogens (tertiary/aromatic N) is 2. The summed E-state index contributed by atoms with van der Waals surface area (Å²) in [5, 5.41) is 0. The molecule has 4 N–H and O–H groups in total. The van der Waals surface area contributed by atoms with Crippen LogP contribution in [0.1, 0.15) is 28.3 Å². The van der Waals surface area contributed by atoms with Crippen LogP contribution in [0.2, 0.25) is 0 Å². The van der Waals surface area contributed by atoms with Gasteiger partial charge in [-0.1, -0.05) is 42.5 Å². The van der Waals surface area contributed by atoms with Crippen LogP contribution in [-0.4, -0.2) is 32.4 Å². The average molecular weight is 730 g/mol. The molecule has 0 atom stereocenters. The largest absolute Gasteiger partial charge is 0.484 e. The maximum absolute atomic E-state index is 16.1. The molecule has 0 saturated heterocycles. The van der Waals surface area contributed by atoms with E-state index in [1.54, 1.807) is 78.9 Å². The zero-order valence-electron chi connectivity index (χ0n) is 27.6. The third-order valence-corrected chi connectivity index (χ3v) is 9.75. The Morgan fingerprint density at radius 1 is 0.660 bits per heavy atom. The first-order valence-electron chi connectivity index (χ1n) is 16.4. The van der Waals surface area contributed by atoms with Gasteiger partial charge in [-0.3, -0.25) is 4.79 Å². The summed E-state index contributed by atoms with van der Waals surface area (Å²) < 4.78 is 69.0. The van der Waals surface area contributed by atoms with Crippen molar-refractivity contribution in [1.29, 1.82) is 0 Å². The van der Waals surface area contributed by atoms with E-state index in [1.165, 1.54) is 0 Å². The minimum absolute atomic E-state index is 0.101. The van der Waals surface area contributed by atoms with Gasteiger partial charge in [0.1, 0.15) is 5.75 Å².